The van der Waals surface area contributed by atoms with Gasteiger partial charge >= 0.3 is 0 Å². The second-order valence-electron chi connectivity index (χ2n) is 10.3. The van der Waals surface area contributed by atoms with Crippen molar-refractivity contribution in [1.29, 1.82) is 0 Å². The molecule has 0 fully saturated rings. The van der Waals surface area contributed by atoms with Gasteiger partial charge in [-0.05, 0) is 80.8 Å². The maximum atomic E-state index is 14.0. The summed E-state index contributed by atoms with van der Waals surface area (Å²) in [4.78, 5) is 28.5. The van der Waals surface area contributed by atoms with Crippen molar-refractivity contribution in [2.45, 2.75) is 52.1 Å². The number of amides is 2. The van der Waals surface area contributed by atoms with E-state index >= 15 is 0 Å². The summed E-state index contributed by atoms with van der Waals surface area (Å²) >= 11 is 12.5. The number of hydrogen-bond acceptors (Lipinski definition) is 5. The Labute approximate surface area is 258 Å². The van der Waals surface area contributed by atoms with E-state index in [0.29, 0.717) is 40.2 Å². The number of halogens is 2. The highest BCUT2D eigenvalue weighted by molar-refractivity contribution is 7.92. The van der Waals surface area contributed by atoms with Crippen LogP contribution in [0.4, 0.5) is 5.69 Å². The van der Waals surface area contributed by atoms with Crippen molar-refractivity contribution in [3.63, 3.8) is 0 Å². The van der Waals surface area contributed by atoms with E-state index in [1.54, 1.807) is 61.5 Å². The van der Waals surface area contributed by atoms with Gasteiger partial charge in [-0.2, -0.15) is 0 Å². The molecule has 3 aromatic rings. The van der Waals surface area contributed by atoms with E-state index in [2.05, 4.69) is 5.32 Å². The summed E-state index contributed by atoms with van der Waals surface area (Å²) in [5.41, 5.74) is 1.80. The fraction of sp³-hybridized carbons (Fsp3) is 0.355. The van der Waals surface area contributed by atoms with E-state index < -0.39 is 28.5 Å². The Balaban J connectivity index is 2.02. The quantitative estimate of drug-likeness (QED) is 0.246. The van der Waals surface area contributed by atoms with Crippen molar-refractivity contribution in [1.82, 2.24) is 10.2 Å². The summed E-state index contributed by atoms with van der Waals surface area (Å²) in [7, 11) is -4.20. The van der Waals surface area contributed by atoms with E-state index in [9.17, 15) is 18.0 Å². The van der Waals surface area contributed by atoms with E-state index in [0.717, 1.165) is 9.87 Å². The molecule has 11 heteroatoms. The van der Waals surface area contributed by atoms with Crippen LogP contribution in [0.5, 0.6) is 5.75 Å². The molecule has 0 aliphatic heterocycles. The van der Waals surface area contributed by atoms with Crippen LogP contribution in [-0.2, 0) is 26.2 Å². The van der Waals surface area contributed by atoms with E-state index in [-0.39, 0.29) is 23.3 Å². The summed E-state index contributed by atoms with van der Waals surface area (Å²) < 4.78 is 34.5. The average molecular weight is 635 g/mol. The Morgan fingerprint density at radius 3 is 2.17 bits per heavy atom. The number of ether oxygens (including phenoxy) is 1. The first-order chi connectivity index (χ1) is 19.8. The fourth-order valence-electron chi connectivity index (χ4n) is 4.11. The Kier molecular flexibility index (Phi) is 11.7. The van der Waals surface area contributed by atoms with Crippen molar-refractivity contribution < 1.29 is 22.7 Å². The van der Waals surface area contributed by atoms with Crippen LogP contribution < -0.4 is 14.4 Å². The minimum Gasteiger partial charge on any atom is -0.494 e. The topological polar surface area (TPSA) is 96.0 Å². The summed E-state index contributed by atoms with van der Waals surface area (Å²) in [6.07, 6.45) is 0. The molecule has 0 aliphatic rings. The molecular weight excluding hydrogens is 597 g/mol. The lowest BCUT2D eigenvalue weighted by Gasteiger charge is -2.32. The van der Waals surface area contributed by atoms with Crippen LogP contribution in [0.1, 0.15) is 38.8 Å². The number of nitrogens with one attached hydrogen (secondary N) is 1. The predicted molar refractivity (Wildman–Crippen MR) is 168 cm³/mol. The number of rotatable bonds is 13. The first kappa shape index (κ1) is 33.2. The number of anilines is 1. The Bertz CT molecular complexity index is 1480. The Morgan fingerprint density at radius 1 is 0.952 bits per heavy atom. The Morgan fingerprint density at radius 2 is 1.60 bits per heavy atom. The van der Waals surface area contributed by atoms with Gasteiger partial charge in [-0.15, -0.1) is 0 Å². The van der Waals surface area contributed by atoms with Crippen LogP contribution in [-0.4, -0.2) is 50.9 Å². The number of hydrogen-bond donors (Lipinski definition) is 1. The number of carbonyl (C=O) groups excluding carboxylic acids is 2. The maximum Gasteiger partial charge on any atom is 0.264 e. The molecule has 0 heterocycles. The van der Waals surface area contributed by atoms with Crippen molar-refractivity contribution in [3.8, 4) is 5.75 Å². The van der Waals surface area contributed by atoms with E-state index in [4.69, 9.17) is 27.9 Å². The third-order valence-electron chi connectivity index (χ3n) is 6.53. The first-order valence-electron chi connectivity index (χ1n) is 13.7. The van der Waals surface area contributed by atoms with Crippen LogP contribution in [0, 0.1) is 12.8 Å². The summed E-state index contributed by atoms with van der Waals surface area (Å²) in [5, 5.41) is 3.61. The van der Waals surface area contributed by atoms with Crippen LogP contribution >= 0.6 is 23.2 Å². The van der Waals surface area contributed by atoms with Gasteiger partial charge in [0.1, 0.15) is 18.3 Å². The van der Waals surface area contributed by atoms with Crippen LogP contribution in [0.25, 0.3) is 0 Å². The van der Waals surface area contributed by atoms with Gasteiger partial charge in [-0.1, -0.05) is 60.8 Å². The molecule has 0 radical (unpaired) electrons. The van der Waals surface area contributed by atoms with Crippen LogP contribution in [0.2, 0.25) is 10.0 Å². The molecule has 0 spiro atoms. The highest BCUT2D eigenvalue weighted by Crippen LogP contribution is 2.27. The normalized spacial score (nSPS) is 12.1. The number of benzene rings is 3. The van der Waals surface area contributed by atoms with Gasteiger partial charge in [0.15, 0.2) is 0 Å². The van der Waals surface area contributed by atoms with Crippen molar-refractivity contribution in [2.75, 3.05) is 24.0 Å². The van der Waals surface area contributed by atoms with Crippen LogP contribution in [0.3, 0.4) is 0 Å². The van der Waals surface area contributed by atoms with Gasteiger partial charge in [0.05, 0.1) is 17.2 Å². The van der Waals surface area contributed by atoms with Gasteiger partial charge in [-0.25, -0.2) is 8.42 Å². The SMILES string of the molecule is CCOc1ccc(S(=O)(=O)N(CC(=O)N(Cc2ccc(Cl)cc2Cl)[C@@H](C)C(=O)NCC(C)C)c2ccc(C)cc2)cc1. The number of aryl methyl sites for hydroxylation is 1. The molecule has 0 aliphatic carbocycles. The van der Waals surface area contributed by atoms with Crippen molar-refractivity contribution in [2.24, 2.45) is 5.92 Å². The van der Waals surface area contributed by atoms with Crippen molar-refractivity contribution >= 4 is 50.7 Å². The largest absolute Gasteiger partial charge is 0.494 e. The van der Waals surface area contributed by atoms with Crippen LogP contribution in [0.15, 0.2) is 71.6 Å². The molecule has 0 saturated carbocycles. The lowest BCUT2D eigenvalue weighted by molar-refractivity contribution is -0.139. The first-order valence-corrected chi connectivity index (χ1v) is 15.9. The fourth-order valence-corrected chi connectivity index (χ4v) is 5.99. The summed E-state index contributed by atoms with van der Waals surface area (Å²) in [6.45, 7) is 9.54. The molecule has 0 bridgehead atoms. The monoisotopic (exact) mass is 633 g/mol. The smallest absolute Gasteiger partial charge is 0.264 e. The van der Waals surface area contributed by atoms with Gasteiger partial charge in [0.25, 0.3) is 10.0 Å². The third-order valence-corrected chi connectivity index (χ3v) is 8.91. The third kappa shape index (κ3) is 8.63. The maximum absolute atomic E-state index is 14.0. The summed E-state index contributed by atoms with van der Waals surface area (Å²) in [5.74, 6) is -0.212. The Hall–Kier alpha value is -3.27. The summed E-state index contributed by atoms with van der Waals surface area (Å²) in [6, 6.07) is 16.8. The van der Waals surface area contributed by atoms with Gasteiger partial charge < -0.3 is 15.0 Å². The standard InChI is InChI=1S/C31H37Cl2N3O5S/c1-6-41-27-13-15-28(16-14-27)42(39,40)36(26-11-7-22(4)8-12-26)20-30(37)35(23(5)31(38)34-18-21(2)3)19-24-9-10-25(32)17-29(24)33/h7-17,21,23H,6,18-20H2,1-5H3,(H,34,38)/t23-/m0/s1. The highest BCUT2D eigenvalue weighted by atomic mass is 35.5. The molecule has 1 atom stereocenters. The molecule has 42 heavy (non-hydrogen) atoms. The predicted octanol–water partition coefficient (Wildman–Crippen LogP) is 6.09. The van der Waals surface area contributed by atoms with Crippen molar-refractivity contribution in [3.05, 3.63) is 87.9 Å². The number of nitrogens with zero attached hydrogens (tertiary/aromatic N) is 2. The van der Waals surface area contributed by atoms with E-state index in [1.807, 2.05) is 27.7 Å². The molecule has 0 saturated heterocycles. The molecule has 0 aromatic heterocycles. The lowest BCUT2D eigenvalue weighted by Crippen LogP contribution is -2.51. The minimum atomic E-state index is -4.20. The second kappa shape index (κ2) is 14.8. The zero-order chi connectivity index (χ0) is 31.0. The lowest BCUT2D eigenvalue weighted by atomic mass is 10.1. The highest BCUT2D eigenvalue weighted by Gasteiger charge is 2.33. The van der Waals surface area contributed by atoms with Gasteiger partial charge in [0, 0.05) is 23.1 Å². The molecule has 0 unspecified atom stereocenters. The number of carbonyl (C=O) groups is 2. The molecule has 8 nitrogen and oxygen atoms in total. The van der Waals surface area contributed by atoms with Gasteiger partial charge in [0.2, 0.25) is 11.8 Å². The average Bonchev–Trinajstić information content (AvgIpc) is 2.94. The minimum absolute atomic E-state index is 0.00523. The molecule has 3 aromatic carbocycles. The zero-order valence-electron chi connectivity index (χ0n) is 24.4. The van der Waals surface area contributed by atoms with E-state index in [1.165, 1.54) is 17.0 Å². The molecular formula is C31H37Cl2N3O5S. The molecule has 2 amide bonds. The molecule has 1 N–H and O–H groups in total. The zero-order valence-corrected chi connectivity index (χ0v) is 26.8. The molecule has 226 valence electrons. The number of sulfonamides is 1. The molecule has 3 rings (SSSR count). The van der Waals surface area contributed by atoms with Gasteiger partial charge in [-0.3, -0.25) is 13.9 Å². The second-order valence-corrected chi connectivity index (χ2v) is 13.0.